The van der Waals surface area contributed by atoms with Crippen molar-refractivity contribution in [3.05, 3.63) is 118 Å². The van der Waals surface area contributed by atoms with Crippen molar-refractivity contribution in [1.82, 2.24) is 28.0 Å². The molecule has 1 unspecified atom stereocenters. The molecule has 2 aromatic heterocycles. The highest BCUT2D eigenvalue weighted by Gasteiger charge is 2.39. The highest BCUT2D eigenvalue weighted by atomic mass is 32.2. The lowest BCUT2D eigenvalue weighted by molar-refractivity contribution is -0.139. The van der Waals surface area contributed by atoms with Gasteiger partial charge in [-0.1, -0.05) is 55.7 Å². The number of fused-ring (bicyclic) bond motifs is 10. The molecule has 404 valence electrons. The standard InChI is InChI=1S/C60H68N6O10S/c1-62(2)77(73,74)61-57(68)41-17-21-48-51(33-41)65-36-44(31-43-32-45(75-3)20-23-47(43)55(65)53(48)39-10-5-4-6-11-39)58(69)64(25-28-67)35-37-13-15-40(16-14-37)54-49-22-18-42(60(71)72)34-52(49)66-50(59(70)63-26-29-76-30-27-63)24-19-38-9-7-8-12-46(38)56(54)66/h7-9,12,17-18,20-23,31-34,37,39-40,50,67H,4-6,10-11,13-16,19,24-30,35-36H2,1-3H3,(H,61,68)(H,71,72). The van der Waals surface area contributed by atoms with Crippen LogP contribution in [0.2, 0.25) is 0 Å². The third-order valence-electron chi connectivity index (χ3n) is 17.1. The lowest BCUT2D eigenvalue weighted by atomic mass is 9.76. The average molecular weight is 1070 g/mol. The van der Waals surface area contributed by atoms with Gasteiger partial charge in [-0.25, -0.2) is 9.52 Å². The van der Waals surface area contributed by atoms with Gasteiger partial charge in [0.15, 0.2) is 0 Å². The number of carboxylic acids is 1. The number of aliphatic hydroxyl groups is 1. The minimum atomic E-state index is -4.08. The Morgan fingerprint density at radius 2 is 1.47 bits per heavy atom. The fourth-order valence-corrected chi connectivity index (χ4v) is 13.8. The van der Waals surface area contributed by atoms with E-state index in [0.717, 1.165) is 129 Å². The number of amides is 3. The minimum absolute atomic E-state index is 0.0199. The van der Waals surface area contributed by atoms with Gasteiger partial charge in [0.25, 0.3) is 11.8 Å². The maximum atomic E-state index is 15.4. The number of hydrogen-bond acceptors (Lipinski definition) is 9. The number of benzene rings is 4. The van der Waals surface area contributed by atoms with Crippen molar-refractivity contribution in [3.63, 3.8) is 0 Å². The Morgan fingerprint density at radius 1 is 0.779 bits per heavy atom. The van der Waals surface area contributed by atoms with Crippen LogP contribution in [0, 0.1) is 5.92 Å². The van der Waals surface area contributed by atoms with Crippen LogP contribution in [0.4, 0.5) is 0 Å². The van der Waals surface area contributed by atoms with Crippen molar-refractivity contribution < 1.29 is 47.3 Å². The van der Waals surface area contributed by atoms with E-state index >= 15 is 4.79 Å². The number of carboxylic acid groups (broad SMARTS) is 1. The molecular formula is C60H68N6O10S. The van der Waals surface area contributed by atoms with Crippen LogP contribution in [0.5, 0.6) is 5.75 Å². The van der Waals surface area contributed by atoms with Crippen LogP contribution in [0.1, 0.15) is 125 Å². The van der Waals surface area contributed by atoms with Crippen molar-refractivity contribution in [2.45, 2.75) is 95.1 Å². The van der Waals surface area contributed by atoms with E-state index in [0.29, 0.717) is 57.0 Å². The molecular weight excluding hydrogens is 997 g/mol. The first kappa shape index (κ1) is 52.3. The molecule has 5 heterocycles. The number of morpholine rings is 1. The minimum Gasteiger partial charge on any atom is -0.497 e. The van der Waals surface area contributed by atoms with Crippen LogP contribution in [0.25, 0.3) is 50.4 Å². The Bertz CT molecular complexity index is 3450. The second-order valence-electron chi connectivity index (χ2n) is 21.8. The Balaban J connectivity index is 0.930. The molecule has 1 atom stereocenters. The van der Waals surface area contributed by atoms with Crippen molar-refractivity contribution in [3.8, 4) is 28.3 Å². The second-order valence-corrected chi connectivity index (χ2v) is 23.7. The summed E-state index contributed by atoms with van der Waals surface area (Å²) in [6, 6.07) is 24.4. The summed E-state index contributed by atoms with van der Waals surface area (Å²) in [4.78, 5) is 59.9. The molecule has 1 saturated heterocycles. The zero-order valence-corrected chi connectivity index (χ0v) is 44.9. The number of aromatic nitrogens is 2. The van der Waals surface area contributed by atoms with Gasteiger partial charge in [0.2, 0.25) is 5.91 Å². The number of nitrogens with one attached hydrogen (secondary N) is 1. The molecule has 3 amide bonds. The zero-order valence-electron chi connectivity index (χ0n) is 44.1. The number of nitrogens with zero attached hydrogens (tertiary/aromatic N) is 5. The molecule has 4 aromatic carbocycles. The molecule has 3 aliphatic heterocycles. The van der Waals surface area contributed by atoms with Crippen LogP contribution < -0.4 is 9.46 Å². The second kappa shape index (κ2) is 21.6. The number of carbonyl (C=O) groups excluding carboxylic acids is 3. The third kappa shape index (κ3) is 9.84. The van der Waals surface area contributed by atoms with Crippen LogP contribution in [0.15, 0.2) is 84.4 Å². The predicted octanol–water partition coefficient (Wildman–Crippen LogP) is 8.76. The van der Waals surface area contributed by atoms with Gasteiger partial charge in [-0.15, -0.1) is 0 Å². The molecule has 3 fully saturated rings. The number of aromatic carboxylic acids is 1. The number of hydrogen-bond donors (Lipinski definition) is 3. The molecule has 5 aliphatic rings. The molecule has 0 radical (unpaired) electrons. The average Bonchev–Trinajstić information content (AvgIpc) is 3.83. The maximum Gasteiger partial charge on any atom is 0.335 e. The quantitative estimate of drug-likeness (QED) is 0.101. The van der Waals surface area contributed by atoms with Crippen LogP contribution in [-0.2, 0) is 37.5 Å². The molecule has 0 bridgehead atoms. The van der Waals surface area contributed by atoms with Crippen LogP contribution in [-0.4, -0.2) is 133 Å². The number of methoxy groups -OCH3 is 1. The van der Waals surface area contributed by atoms with Gasteiger partial charge >= 0.3 is 16.2 Å². The highest BCUT2D eigenvalue weighted by molar-refractivity contribution is 7.87. The van der Waals surface area contributed by atoms with Crippen molar-refractivity contribution in [2.75, 3.05) is 67.2 Å². The predicted molar refractivity (Wildman–Crippen MR) is 295 cm³/mol. The lowest BCUT2D eigenvalue weighted by Crippen LogP contribution is -2.44. The number of rotatable bonds is 13. The molecule has 3 N–H and O–H groups in total. The molecule has 2 aliphatic carbocycles. The van der Waals surface area contributed by atoms with E-state index in [1.54, 1.807) is 36.3 Å². The normalized spacial score (nSPS) is 19.8. The fourth-order valence-electron chi connectivity index (χ4n) is 13.2. The number of carbonyl (C=O) groups is 4. The van der Waals surface area contributed by atoms with Crippen LogP contribution in [0.3, 0.4) is 0 Å². The van der Waals surface area contributed by atoms with Crippen molar-refractivity contribution in [2.24, 2.45) is 5.92 Å². The molecule has 0 spiro atoms. The summed E-state index contributed by atoms with van der Waals surface area (Å²) in [5, 5.41) is 22.8. The molecule has 2 saturated carbocycles. The van der Waals surface area contributed by atoms with Crippen molar-refractivity contribution >= 4 is 61.8 Å². The Hall–Kier alpha value is -6.79. The van der Waals surface area contributed by atoms with Gasteiger partial charge in [0.1, 0.15) is 11.8 Å². The number of aryl methyl sites for hydroxylation is 1. The first-order valence-electron chi connectivity index (χ1n) is 27.3. The summed E-state index contributed by atoms with van der Waals surface area (Å²) in [5.41, 5.74) is 10.5. The summed E-state index contributed by atoms with van der Waals surface area (Å²) >= 11 is 0. The molecule has 77 heavy (non-hydrogen) atoms. The van der Waals surface area contributed by atoms with Gasteiger partial charge in [0, 0.05) is 78.8 Å². The first-order valence-corrected chi connectivity index (χ1v) is 28.7. The third-order valence-corrected chi connectivity index (χ3v) is 18.5. The fraction of sp³-hybridized carbons (Fsp3) is 0.433. The molecule has 6 aromatic rings. The number of ether oxygens (including phenoxy) is 2. The van der Waals surface area contributed by atoms with Gasteiger partial charge in [-0.3, -0.25) is 14.4 Å². The maximum absolute atomic E-state index is 15.4. The van der Waals surface area contributed by atoms with E-state index < -0.39 is 28.1 Å². The Labute approximate surface area is 449 Å². The van der Waals surface area contributed by atoms with Gasteiger partial charge in [-0.2, -0.15) is 12.7 Å². The SMILES string of the molecule is COc1ccc2c(c1)C=C(C(=O)N(CCO)CC1CCC(c3c4n(c5cc(C(=O)O)ccc35)C(C(=O)N3CCOCC3)CCc3ccccc3-4)CC1)Cn1c-2c(C2CCCCC2)c2ccc(C(=O)NS(=O)(=O)N(C)C)cc21. The first-order chi connectivity index (χ1) is 37.2. The summed E-state index contributed by atoms with van der Waals surface area (Å²) in [6.07, 6.45) is 11.7. The summed E-state index contributed by atoms with van der Waals surface area (Å²) in [7, 11) is 0.253. The Morgan fingerprint density at radius 3 is 2.18 bits per heavy atom. The lowest BCUT2D eigenvalue weighted by Gasteiger charge is -2.34. The Kier molecular flexibility index (Phi) is 14.6. The van der Waals surface area contributed by atoms with E-state index in [9.17, 15) is 33.0 Å². The zero-order chi connectivity index (χ0) is 53.7. The van der Waals surface area contributed by atoms with E-state index in [1.165, 1.54) is 14.1 Å². The molecule has 16 nitrogen and oxygen atoms in total. The molecule has 11 rings (SSSR count). The topological polar surface area (TPSA) is 193 Å². The summed E-state index contributed by atoms with van der Waals surface area (Å²) in [6.45, 7) is 2.42. The largest absolute Gasteiger partial charge is 0.497 e. The summed E-state index contributed by atoms with van der Waals surface area (Å²) < 4.78 is 44.5. The summed E-state index contributed by atoms with van der Waals surface area (Å²) in [5.74, 6) is -0.926. The smallest absolute Gasteiger partial charge is 0.335 e. The molecule has 17 heteroatoms. The van der Waals surface area contributed by atoms with Crippen molar-refractivity contribution in [1.29, 1.82) is 0 Å². The highest BCUT2D eigenvalue weighted by Crippen LogP contribution is 2.51. The monoisotopic (exact) mass is 1060 g/mol. The number of aliphatic hydroxyl groups excluding tert-OH is 1. The van der Waals surface area contributed by atoms with E-state index in [2.05, 4.69) is 26.0 Å². The van der Waals surface area contributed by atoms with Gasteiger partial charge in [0.05, 0.1) is 55.9 Å². The van der Waals surface area contributed by atoms with E-state index in [1.807, 2.05) is 53.4 Å². The van der Waals surface area contributed by atoms with Gasteiger partial charge < -0.3 is 38.6 Å². The van der Waals surface area contributed by atoms with Crippen LogP contribution >= 0.6 is 0 Å². The van der Waals surface area contributed by atoms with Gasteiger partial charge in [-0.05, 0) is 140 Å². The van der Waals surface area contributed by atoms with E-state index in [-0.39, 0.29) is 60.4 Å². The van der Waals surface area contributed by atoms with E-state index in [4.69, 9.17) is 9.47 Å².